The van der Waals surface area contributed by atoms with Crippen molar-refractivity contribution in [2.75, 3.05) is 13.7 Å². The van der Waals surface area contributed by atoms with E-state index in [0.717, 1.165) is 11.3 Å². The van der Waals surface area contributed by atoms with Crippen molar-refractivity contribution in [2.24, 2.45) is 5.16 Å². The Bertz CT molecular complexity index is 841. The monoisotopic (exact) mass is 373 g/mol. The maximum absolute atomic E-state index is 13.9. The molecule has 2 N–H and O–H groups in total. The molecule has 1 amide bonds. The molecule has 7 nitrogen and oxygen atoms in total. The van der Waals surface area contributed by atoms with Crippen LogP contribution in [-0.2, 0) is 16.2 Å². The van der Waals surface area contributed by atoms with Gasteiger partial charge in [-0.05, 0) is 29.8 Å². The van der Waals surface area contributed by atoms with Crippen molar-refractivity contribution in [1.29, 1.82) is 0 Å². The molecule has 1 aromatic heterocycles. The van der Waals surface area contributed by atoms with E-state index in [2.05, 4.69) is 15.5 Å². The first kappa shape index (κ1) is 18.8. The average molecular weight is 373 g/mol. The number of ether oxygens (including phenoxy) is 1. The average Bonchev–Trinajstić information content (AvgIpc) is 3.12. The zero-order valence-corrected chi connectivity index (χ0v) is 14.8. The summed E-state index contributed by atoms with van der Waals surface area (Å²) in [6.07, 6.45) is 1.42. The predicted octanol–water partition coefficient (Wildman–Crippen LogP) is 1.79. The molecule has 27 heavy (non-hydrogen) atoms. The molecular formula is C19H20FN3O4. The van der Waals surface area contributed by atoms with Gasteiger partial charge in [-0.15, -0.1) is 0 Å². The number of hydrogen-bond acceptors (Lipinski definition) is 6. The fraction of sp³-hybridized carbons (Fsp3) is 0.316. The number of benzene rings is 1. The fourth-order valence-corrected chi connectivity index (χ4v) is 2.86. The predicted molar refractivity (Wildman–Crippen MR) is 95.7 cm³/mol. The Hall–Kier alpha value is -3.00. The first-order valence-electron chi connectivity index (χ1n) is 8.46. The molecule has 0 spiro atoms. The number of aromatic nitrogens is 1. The van der Waals surface area contributed by atoms with Crippen molar-refractivity contribution in [3.63, 3.8) is 0 Å². The Morgan fingerprint density at radius 2 is 2.15 bits per heavy atom. The van der Waals surface area contributed by atoms with Gasteiger partial charge in [0.05, 0.1) is 18.4 Å². The smallest absolute Gasteiger partial charge is 0.267 e. The van der Waals surface area contributed by atoms with Gasteiger partial charge in [0.25, 0.3) is 5.91 Å². The largest absolute Gasteiger partial charge is 0.497 e. The van der Waals surface area contributed by atoms with E-state index in [1.165, 1.54) is 12.3 Å². The van der Waals surface area contributed by atoms with Gasteiger partial charge in [0, 0.05) is 32.2 Å². The molecule has 1 aromatic carbocycles. The van der Waals surface area contributed by atoms with Gasteiger partial charge in [0.2, 0.25) is 11.5 Å². The summed E-state index contributed by atoms with van der Waals surface area (Å²) in [4.78, 5) is 21.7. The topological polar surface area (TPSA) is 93.0 Å². The Morgan fingerprint density at radius 3 is 2.81 bits per heavy atom. The Kier molecular flexibility index (Phi) is 5.66. The van der Waals surface area contributed by atoms with E-state index in [1.807, 2.05) is 12.1 Å². The standard InChI is InChI=1S/C19H20FN3O4/c1-26-14-6-4-13(5-7-14)12-22-18(25)19(8-10-24)11-16(23-27-19)15-3-2-9-21-17(15)20/h2-7,9,24H,8,10-12H2,1H3,(H,22,25). The molecule has 2 aromatic rings. The van der Waals surface area contributed by atoms with Gasteiger partial charge in [-0.2, -0.15) is 4.39 Å². The number of aliphatic hydroxyl groups is 1. The van der Waals surface area contributed by atoms with Crippen LogP contribution in [0.1, 0.15) is 24.0 Å². The Morgan fingerprint density at radius 1 is 1.37 bits per heavy atom. The molecule has 2 heterocycles. The second-order valence-corrected chi connectivity index (χ2v) is 6.15. The molecule has 1 aliphatic heterocycles. The summed E-state index contributed by atoms with van der Waals surface area (Å²) < 4.78 is 19.0. The number of hydrogen-bond donors (Lipinski definition) is 2. The molecular weight excluding hydrogens is 353 g/mol. The lowest BCUT2D eigenvalue weighted by molar-refractivity contribution is -0.146. The minimum Gasteiger partial charge on any atom is -0.497 e. The van der Waals surface area contributed by atoms with Crippen molar-refractivity contribution in [1.82, 2.24) is 10.3 Å². The molecule has 142 valence electrons. The van der Waals surface area contributed by atoms with Gasteiger partial charge in [-0.25, -0.2) is 4.98 Å². The second kappa shape index (κ2) is 8.13. The van der Waals surface area contributed by atoms with Gasteiger partial charge in [0.15, 0.2) is 0 Å². The van der Waals surface area contributed by atoms with E-state index in [1.54, 1.807) is 25.3 Å². The van der Waals surface area contributed by atoms with Gasteiger partial charge < -0.3 is 20.0 Å². The number of carbonyl (C=O) groups excluding carboxylic acids is 1. The lowest BCUT2D eigenvalue weighted by atomic mass is 9.90. The van der Waals surface area contributed by atoms with Crippen LogP contribution in [-0.4, -0.2) is 41.0 Å². The summed E-state index contributed by atoms with van der Waals surface area (Å²) in [6, 6.07) is 10.4. The highest BCUT2D eigenvalue weighted by Crippen LogP contribution is 2.31. The number of rotatable bonds is 7. The minimum atomic E-state index is -1.38. The van der Waals surface area contributed by atoms with Crippen molar-refractivity contribution in [2.45, 2.75) is 25.0 Å². The zero-order chi connectivity index (χ0) is 19.3. The number of halogens is 1. The molecule has 0 saturated heterocycles. The van der Waals surface area contributed by atoms with E-state index < -0.39 is 17.5 Å². The third-order valence-corrected chi connectivity index (χ3v) is 4.40. The minimum absolute atomic E-state index is 0.0380. The molecule has 0 fully saturated rings. The van der Waals surface area contributed by atoms with Crippen LogP contribution in [0.3, 0.4) is 0 Å². The molecule has 0 aliphatic carbocycles. The Balaban J connectivity index is 1.69. The van der Waals surface area contributed by atoms with Crippen LogP contribution in [0.5, 0.6) is 5.75 Å². The number of methoxy groups -OCH3 is 1. The summed E-state index contributed by atoms with van der Waals surface area (Å²) in [5, 5.41) is 16.1. The van der Waals surface area contributed by atoms with Crippen molar-refractivity contribution < 1.29 is 23.9 Å². The van der Waals surface area contributed by atoms with E-state index in [4.69, 9.17) is 9.57 Å². The van der Waals surface area contributed by atoms with Gasteiger partial charge in [-0.3, -0.25) is 4.79 Å². The highest BCUT2D eigenvalue weighted by Gasteiger charge is 2.46. The SMILES string of the molecule is COc1ccc(CNC(=O)C2(CCO)CC(c3cccnc3F)=NO2)cc1. The Labute approximate surface area is 155 Å². The van der Waals surface area contributed by atoms with Gasteiger partial charge in [0.1, 0.15) is 5.75 Å². The lowest BCUT2D eigenvalue weighted by Crippen LogP contribution is -2.47. The third kappa shape index (κ3) is 4.06. The van der Waals surface area contributed by atoms with Crippen LogP contribution in [0.2, 0.25) is 0 Å². The highest BCUT2D eigenvalue weighted by molar-refractivity contribution is 6.05. The number of nitrogens with one attached hydrogen (secondary N) is 1. The van der Waals surface area contributed by atoms with E-state index in [9.17, 15) is 14.3 Å². The molecule has 1 unspecified atom stereocenters. The van der Waals surface area contributed by atoms with Crippen LogP contribution in [0.15, 0.2) is 47.8 Å². The number of nitrogens with zero attached hydrogens (tertiary/aromatic N) is 2. The highest BCUT2D eigenvalue weighted by atomic mass is 19.1. The van der Waals surface area contributed by atoms with Crippen molar-refractivity contribution in [3.8, 4) is 5.75 Å². The van der Waals surface area contributed by atoms with E-state index in [-0.39, 0.29) is 37.3 Å². The summed E-state index contributed by atoms with van der Waals surface area (Å²) >= 11 is 0. The lowest BCUT2D eigenvalue weighted by Gasteiger charge is -2.24. The molecule has 8 heteroatoms. The van der Waals surface area contributed by atoms with E-state index in [0.29, 0.717) is 0 Å². The number of pyridine rings is 1. The van der Waals surface area contributed by atoms with Gasteiger partial charge in [-0.1, -0.05) is 17.3 Å². The summed E-state index contributed by atoms with van der Waals surface area (Å²) in [5.41, 5.74) is -0.0339. The quantitative estimate of drug-likeness (QED) is 0.722. The zero-order valence-electron chi connectivity index (χ0n) is 14.8. The number of oxime groups is 1. The van der Waals surface area contributed by atoms with Crippen LogP contribution in [0, 0.1) is 5.95 Å². The normalized spacial score (nSPS) is 18.6. The first-order chi connectivity index (χ1) is 13.1. The summed E-state index contributed by atoms with van der Waals surface area (Å²) in [6.45, 7) is 0.00420. The summed E-state index contributed by atoms with van der Waals surface area (Å²) in [5.74, 6) is -0.383. The summed E-state index contributed by atoms with van der Waals surface area (Å²) in [7, 11) is 1.58. The molecule has 0 saturated carbocycles. The van der Waals surface area contributed by atoms with Crippen LogP contribution < -0.4 is 10.1 Å². The number of aliphatic hydroxyl groups excluding tert-OH is 1. The molecule has 0 radical (unpaired) electrons. The van der Waals surface area contributed by atoms with Crippen LogP contribution in [0.4, 0.5) is 4.39 Å². The maximum Gasteiger partial charge on any atom is 0.267 e. The first-order valence-corrected chi connectivity index (χ1v) is 8.46. The fourth-order valence-electron chi connectivity index (χ4n) is 2.86. The number of amides is 1. The van der Waals surface area contributed by atoms with Crippen molar-refractivity contribution >= 4 is 11.6 Å². The second-order valence-electron chi connectivity index (χ2n) is 6.15. The maximum atomic E-state index is 13.9. The molecule has 3 rings (SSSR count). The van der Waals surface area contributed by atoms with Crippen LogP contribution in [0.25, 0.3) is 0 Å². The third-order valence-electron chi connectivity index (χ3n) is 4.40. The van der Waals surface area contributed by atoms with Gasteiger partial charge >= 0.3 is 0 Å². The van der Waals surface area contributed by atoms with Crippen molar-refractivity contribution in [3.05, 3.63) is 59.7 Å². The van der Waals surface area contributed by atoms with Crippen LogP contribution >= 0.6 is 0 Å². The molecule has 1 aliphatic rings. The van der Waals surface area contributed by atoms with E-state index >= 15 is 0 Å². The number of carbonyl (C=O) groups is 1. The molecule has 1 atom stereocenters. The molecule has 0 bridgehead atoms.